The predicted octanol–water partition coefficient (Wildman–Crippen LogP) is 1.08. The van der Waals surface area contributed by atoms with E-state index in [1.165, 1.54) is 6.26 Å². The molecule has 3 N–H and O–H groups in total. The minimum atomic E-state index is -3.01. The van der Waals surface area contributed by atoms with E-state index in [0.29, 0.717) is 5.92 Å². The summed E-state index contributed by atoms with van der Waals surface area (Å²) in [6.45, 7) is 6.02. The second kappa shape index (κ2) is 6.45. The smallest absolute Gasteiger partial charge is 0.151 e. The summed E-state index contributed by atoms with van der Waals surface area (Å²) in [6.07, 6.45) is 4.18. The molecule has 0 aromatic heterocycles. The summed E-state index contributed by atoms with van der Waals surface area (Å²) >= 11 is 0. The van der Waals surface area contributed by atoms with Crippen molar-refractivity contribution in [2.75, 3.05) is 6.26 Å². The van der Waals surface area contributed by atoms with Crippen LogP contribution in [0.4, 0.5) is 0 Å². The van der Waals surface area contributed by atoms with Crippen LogP contribution in [0.3, 0.4) is 0 Å². The molecule has 0 aromatic rings. The zero-order valence-corrected chi connectivity index (χ0v) is 11.0. The molecule has 0 aliphatic heterocycles. The van der Waals surface area contributed by atoms with E-state index in [4.69, 9.17) is 5.84 Å². The third kappa shape index (κ3) is 6.12. The van der Waals surface area contributed by atoms with Gasteiger partial charge in [-0.2, -0.15) is 0 Å². The van der Waals surface area contributed by atoms with Crippen LogP contribution in [0.25, 0.3) is 0 Å². The molecule has 0 saturated heterocycles. The highest BCUT2D eigenvalue weighted by Gasteiger charge is 2.24. The Kier molecular flexibility index (Phi) is 6.40. The fraction of sp³-hybridized carbons (Fsp3) is 1.00. The minimum Gasteiger partial charge on any atom is -0.271 e. The van der Waals surface area contributed by atoms with Crippen LogP contribution in [0.1, 0.15) is 40.0 Å². The fourth-order valence-electron chi connectivity index (χ4n) is 1.50. The van der Waals surface area contributed by atoms with Gasteiger partial charge in [-0.3, -0.25) is 11.3 Å². The Morgan fingerprint density at radius 3 is 2.07 bits per heavy atom. The van der Waals surface area contributed by atoms with E-state index in [-0.39, 0.29) is 6.04 Å². The van der Waals surface area contributed by atoms with Crippen LogP contribution < -0.4 is 11.3 Å². The first-order valence-corrected chi connectivity index (χ1v) is 7.39. The highest BCUT2D eigenvalue weighted by atomic mass is 32.2. The molecule has 0 radical (unpaired) electrons. The van der Waals surface area contributed by atoms with Crippen molar-refractivity contribution in [1.82, 2.24) is 5.43 Å². The van der Waals surface area contributed by atoms with E-state index < -0.39 is 15.1 Å². The van der Waals surface area contributed by atoms with Crippen LogP contribution in [0.5, 0.6) is 0 Å². The number of nitrogens with one attached hydrogen (secondary N) is 1. The van der Waals surface area contributed by atoms with E-state index in [1.54, 1.807) is 6.92 Å². The summed E-state index contributed by atoms with van der Waals surface area (Å²) in [6, 6.07) is -0.140. The summed E-state index contributed by atoms with van der Waals surface area (Å²) in [7, 11) is -3.01. The second-order valence-electron chi connectivity index (χ2n) is 4.63. The molecule has 2 unspecified atom stereocenters. The van der Waals surface area contributed by atoms with E-state index in [0.717, 1.165) is 19.3 Å². The molecular weight excluding hydrogens is 212 g/mol. The lowest BCUT2D eigenvalue weighted by Crippen LogP contribution is -2.45. The minimum absolute atomic E-state index is 0.140. The van der Waals surface area contributed by atoms with Crippen molar-refractivity contribution in [2.45, 2.75) is 51.3 Å². The molecule has 4 nitrogen and oxygen atoms in total. The maximum atomic E-state index is 11.3. The van der Waals surface area contributed by atoms with E-state index in [2.05, 4.69) is 19.3 Å². The molecule has 0 aromatic carbocycles. The third-order valence-electron chi connectivity index (χ3n) is 2.75. The standard InChI is InChI=1S/C10H24N2O2S/c1-8(2)6-5-7-10(12-11)9(3)15(4,13)14/h8-10,12H,5-7,11H2,1-4H3. The summed E-state index contributed by atoms with van der Waals surface area (Å²) in [5, 5.41) is -0.422. The third-order valence-corrected chi connectivity index (χ3v) is 4.43. The van der Waals surface area contributed by atoms with E-state index >= 15 is 0 Å². The first-order chi connectivity index (χ1) is 6.79. The molecule has 0 aliphatic carbocycles. The number of hydrazine groups is 1. The number of nitrogens with two attached hydrogens (primary N) is 1. The highest BCUT2D eigenvalue weighted by Crippen LogP contribution is 2.13. The van der Waals surface area contributed by atoms with Gasteiger partial charge in [-0.05, 0) is 19.3 Å². The van der Waals surface area contributed by atoms with Crippen molar-refractivity contribution >= 4 is 9.84 Å². The first kappa shape index (κ1) is 14.9. The molecular formula is C10H24N2O2S. The van der Waals surface area contributed by atoms with E-state index in [1.807, 2.05) is 0 Å². The molecule has 0 saturated carbocycles. The van der Waals surface area contributed by atoms with Crippen LogP contribution in [-0.4, -0.2) is 26.0 Å². The first-order valence-electron chi connectivity index (χ1n) is 5.44. The normalized spacial score (nSPS) is 16.7. The van der Waals surface area contributed by atoms with Crippen LogP contribution in [0.15, 0.2) is 0 Å². The van der Waals surface area contributed by atoms with Gasteiger partial charge in [-0.1, -0.05) is 26.7 Å². The van der Waals surface area contributed by atoms with Gasteiger partial charge in [0.25, 0.3) is 0 Å². The van der Waals surface area contributed by atoms with Gasteiger partial charge in [0.15, 0.2) is 9.84 Å². The quantitative estimate of drug-likeness (QED) is 0.512. The van der Waals surface area contributed by atoms with Gasteiger partial charge in [0.2, 0.25) is 0 Å². The Morgan fingerprint density at radius 1 is 1.20 bits per heavy atom. The predicted molar refractivity (Wildman–Crippen MR) is 64.1 cm³/mol. The lowest BCUT2D eigenvalue weighted by Gasteiger charge is -2.22. The molecule has 0 amide bonds. The van der Waals surface area contributed by atoms with Crippen LogP contribution in [-0.2, 0) is 9.84 Å². The van der Waals surface area contributed by atoms with E-state index in [9.17, 15) is 8.42 Å². The van der Waals surface area contributed by atoms with Crippen molar-refractivity contribution in [3.05, 3.63) is 0 Å². The lowest BCUT2D eigenvalue weighted by molar-refractivity contribution is 0.431. The highest BCUT2D eigenvalue weighted by molar-refractivity contribution is 7.91. The van der Waals surface area contributed by atoms with Crippen LogP contribution >= 0.6 is 0 Å². The van der Waals surface area contributed by atoms with Crippen LogP contribution in [0, 0.1) is 5.92 Å². The van der Waals surface area contributed by atoms with Crippen molar-refractivity contribution in [3.8, 4) is 0 Å². The fourth-order valence-corrected chi connectivity index (χ4v) is 2.31. The maximum Gasteiger partial charge on any atom is 0.151 e. The zero-order chi connectivity index (χ0) is 12.1. The molecule has 0 fully saturated rings. The van der Waals surface area contributed by atoms with Gasteiger partial charge in [-0.25, -0.2) is 8.42 Å². The lowest BCUT2D eigenvalue weighted by atomic mass is 10.0. The Labute approximate surface area is 93.5 Å². The largest absolute Gasteiger partial charge is 0.271 e. The summed E-state index contributed by atoms with van der Waals surface area (Å²) in [4.78, 5) is 0. The number of hydrogen-bond donors (Lipinski definition) is 2. The van der Waals surface area contributed by atoms with Gasteiger partial charge in [0.1, 0.15) is 0 Å². The Balaban J connectivity index is 4.14. The van der Waals surface area contributed by atoms with Crippen molar-refractivity contribution in [2.24, 2.45) is 11.8 Å². The molecule has 0 rings (SSSR count). The molecule has 0 spiro atoms. The van der Waals surface area contributed by atoms with Gasteiger partial charge < -0.3 is 0 Å². The molecule has 0 heterocycles. The van der Waals surface area contributed by atoms with Crippen molar-refractivity contribution in [1.29, 1.82) is 0 Å². The van der Waals surface area contributed by atoms with Crippen molar-refractivity contribution < 1.29 is 8.42 Å². The number of rotatable bonds is 7. The Hall–Kier alpha value is -0.130. The SMILES string of the molecule is CC(C)CCCC(NN)C(C)S(C)(=O)=O. The molecule has 15 heavy (non-hydrogen) atoms. The molecule has 0 aliphatic rings. The Bertz CT molecular complexity index is 263. The average molecular weight is 236 g/mol. The van der Waals surface area contributed by atoms with Gasteiger partial charge >= 0.3 is 0 Å². The van der Waals surface area contributed by atoms with Crippen molar-refractivity contribution in [3.63, 3.8) is 0 Å². The van der Waals surface area contributed by atoms with Gasteiger partial charge in [0.05, 0.1) is 5.25 Å². The average Bonchev–Trinajstić information content (AvgIpc) is 2.09. The zero-order valence-electron chi connectivity index (χ0n) is 10.2. The van der Waals surface area contributed by atoms with Gasteiger partial charge in [-0.15, -0.1) is 0 Å². The van der Waals surface area contributed by atoms with Crippen LogP contribution in [0.2, 0.25) is 0 Å². The maximum absolute atomic E-state index is 11.3. The molecule has 0 bridgehead atoms. The molecule has 5 heteroatoms. The topological polar surface area (TPSA) is 72.2 Å². The number of hydrogen-bond acceptors (Lipinski definition) is 4. The number of sulfone groups is 1. The summed E-state index contributed by atoms with van der Waals surface area (Å²) in [5.74, 6) is 6.02. The Morgan fingerprint density at radius 2 is 1.73 bits per heavy atom. The second-order valence-corrected chi connectivity index (χ2v) is 7.04. The van der Waals surface area contributed by atoms with Gasteiger partial charge in [0, 0.05) is 12.3 Å². The molecule has 92 valence electrons. The molecule has 2 atom stereocenters. The summed E-state index contributed by atoms with van der Waals surface area (Å²) in [5.41, 5.74) is 2.60. The monoisotopic (exact) mass is 236 g/mol. The summed E-state index contributed by atoms with van der Waals surface area (Å²) < 4.78 is 22.7.